The number of aromatic nitrogens is 1. The fourth-order valence-electron chi connectivity index (χ4n) is 13.6. The first-order valence-electron chi connectivity index (χ1n) is 32.9. The van der Waals surface area contributed by atoms with E-state index in [0.717, 1.165) is 130 Å². The van der Waals surface area contributed by atoms with Gasteiger partial charge in [0, 0.05) is 107 Å². The van der Waals surface area contributed by atoms with Gasteiger partial charge in [0.15, 0.2) is 0 Å². The molecular weight excluding hydrogens is 1180 g/mol. The Bertz CT molecular complexity index is 5110. The van der Waals surface area contributed by atoms with E-state index in [4.69, 9.17) is 0 Å². The lowest BCUT2D eigenvalue weighted by Gasteiger charge is -2.32. The van der Waals surface area contributed by atoms with E-state index in [2.05, 4.69) is 440 Å². The molecule has 0 amide bonds. The number of fused-ring (bicyclic) bond motifs is 3. The highest BCUT2D eigenvalue weighted by molar-refractivity contribution is 6.21. The molecular formula is C90H67N7. The van der Waals surface area contributed by atoms with Crippen molar-refractivity contribution in [2.24, 2.45) is 0 Å². The number of anilines is 18. The third kappa shape index (κ3) is 11.7. The smallest absolute Gasteiger partial charge is 0.0784 e. The van der Waals surface area contributed by atoms with Gasteiger partial charge in [-0.05, 0) is 218 Å². The average Bonchev–Trinajstić information content (AvgIpc) is 1.58. The van der Waals surface area contributed by atoms with Crippen molar-refractivity contribution < 1.29 is 0 Å². The Morgan fingerprint density at radius 2 is 0.392 bits per heavy atom. The van der Waals surface area contributed by atoms with Crippen molar-refractivity contribution >= 4 is 124 Å². The van der Waals surface area contributed by atoms with Crippen LogP contribution in [-0.2, 0) is 0 Å². The summed E-state index contributed by atoms with van der Waals surface area (Å²) in [5, 5.41) is 2.15. The van der Waals surface area contributed by atoms with Gasteiger partial charge in [-0.25, -0.2) is 0 Å². The van der Waals surface area contributed by atoms with Crippen molar-refractivity contribution in [2.75, 3.05) is 29.4 Å². The second-order valence-corrected chi connectivity index (χ2v) is 23.8. The Balaban J connectivity index is 0.965. The van der Waals surface area contributed by atoms with E-state index in [0.29, 0.717) is 0 Å². The largest absolute Gasteiger partial charge is 0.311 e. The highest BCUT2D eigenvalue weighted by atomic mass is 15.2. The standard InChI is InChI=1S/C90H67N7/c1-11-32-68(33-12-1)91(69-34-13-2-14-35-69)78-54-56-81(57-55-78)94(74-44-23-7-24-45-74)84-66-85-89-86(95(75-46-25-8-26-47-75)82-62-58-79(59-63-82)92(70-36-15-3-16-37-70)71-38-17-4-18-39-71)52-31-53-87(89)97(77-50-29-10-30-51-77)90(85)88(67-84)96(76-48-27-9-28-49-76)83-64-60-80(61-65-83)93(72-40-19-5-20-41-72)73-42-21-6-22-43-73/h1-67H. The molecule has 0 unspecified atom stereocenters. The van der Waals surface area contributed by atoms with Crippen molar-refractivity contribution in [3.8, 4) is 5.69 Å². The van der Waals surface area contributed by atoms with Gasteiger partial charge >= 0.3 is 0 Å². The number of benzene rings is 15. The third-order valence-corrected chi connectivity index (χ3v) is 17.8. The lowest BCUT2D eigenvalue weighted by atomic mass is 10.0. The summed E-state index contributed by atoms with van der Waals surface area (Å²) in [6, 6.07) is 146. The molecule has 0 aliphatic rings. The lowest BCUT2D eigenvalue weighted by molar-refractivity contribution is 1.16. The quantitative estimate of drug-likeness (QED) is 0.0800. The van der Waals surface area contributed by atoms with Crippen LogP contribution in [0.3, 0.4) is 0 Å². The SMILES string of the molecule is c1ccc(N(c2ccccc2)c2ccc(N(c3ccccc3)c3cc(N(c4ccccc4)c4ccc(N(c5ccccc5)c5ccccc5)cc4)c4c(c3)c3c(N(c5ccccc5)c5ccc(N(c6ccccc6)c6ccccc6)cc5)cccc3n4-c3ccccc3)cc2)cc1. The van der Waals surface area contributed by atoms with Crippen molar-refractivity contribution in [3.63, 3.8) is 0 Å². The molecule has 0 aliphatic heterocycles. The topological polar surface area (TPSA) is 24.4 Å². The van der Waals surface area contributed by atoms with Crippen LogP contribution in [0.2, 0.25) is 0 Å². The van der Waals surface area contributed by atoms with Gasteiger partial charge in [-0.15, -0.1) is 0 Å². The van der Waals surface area contributed by atoms with Crippen LogP contribution < -0.4 is 29.4 Å². The molecule has 1 aromatic heterocycles. The van der Waals surface area contributed by atoms with Gasteiger partial charge in [-0.3, -0.25) is 0 Å². The fourth-order valence-corrected chi connectivity index (χ4v) is 13.6. The van der Waals surface area contributed by atoms with E-state index in [-0.39, 0.29) is 0 Å². The Kier molecular flexibility index (Phi) is 16.3. The van der Waals surface area contributed by atoms with Gasteiger partial charge in [-0.2, -0.15) is 0 Å². The molecule has 0 saturated carbocycles. The molecule has 0 bridgehead atoms. The van der Waals surface area contributed by atoms with Gasteiger partial charge < -0.3 is 34.0 Å². The zero-order valence-corrected chi connectivity index (χ0v) is 53.3. The molecule has 0 saturated heterocycles. The zero-order chi connectivity index (χ0) is 64.7. The first-order valence-corrected chi connectivity index (χ1v) is 32.9. The van der Waals surface area contributed by atoms with Crippen LogP contribution >= 0.6 is 0 Å². The predicted molar refractivity (Wildman–Crippen MR) is 409 cm³/mol. The van der Waals surface area contributed by atoms with Crippen molar-refractivity contribution in [1.82, 2.24) is 4.57 Å². The summed E-state index contributed by atoms with van der Waals surface area (Å²) in [4.78, 5) is 14.3. The molecule has 16 rings (SSSR count). The van der Waals surface area contributed by atoms with Gasteiger partial charge in [0.1, 0.15) is 0 Å². The highest BCUT2D eigenvalue weighted by Gasteiger charge is 2.29. The minimum Gasteiger partial charge on any atom is -0.311 e. The molecule has 0 aliphatic carbocycles. The number of nitrogens with zero attached hydrogens (tertiary/aromatic N) is 7. The van der Waals surface area contributed by atoms with E-state index in [1.807, 2.05) is 0 Å². The van der Waals surface area contributed by atoms with E-state index in [9.17, 15) is 0 Å². The molecule has 0 atom stereocenters. The molecule has 462 valence electrons. The maximum atomic E-state index is 2.48. The first-order chi connectivity index (χ1) is 48.2. The summed E-state index contributed by atoms with van der Waals surface area (Å²) in [7, 11) is 0. The molecule has 7 nitrogen and oxygen atoms in total. The van der Waals surface area contributed by atoms with Crippen LogP contribution in [0.4, 0.5) is 102 Å². The van der Waals surface area contributed by atoms with Gasteiger partial charge in [0.05, 0.1) is 22.4 Å². The maximum absolute atomic E-state index is 2.48. The molecule has 7 heteroatoms. The first kappa shape index (κ1) is 58.9. The molecule has 0 spiro atoms. The van der Waals surface area contributed by atoms with Crippen LogP contribution in [0, 0.1) is 0 Å². The van der Waals surface area contributed by atoms with Crippen LogP contribution in [0.15, 0.2) is 406 Å². The third-order valence-electron chi connectivity index (χ3n) is 17.8. The van der Waals surface area contributed by atoms with Crippen LogP contribution in [0.25, 0.3) is 27.5 Å². The zero-order valence-electron chi connectivity index (χ0n) is 53.3. The van der Waals surface area contributed by atoms with E-state index in [1.165, 1.54) is 0 Å². The second-order valence-electron chi connectivity index (χ2n) is 23.8. The Labute approximate surface area is 567 Å². The van der Waals surface area contributed by atoms with Crippen molar-refractivity contribution in [1.29, 1.82) is 0 Å². The molecule has 97 heavy (non-hydrogen) atoms. The molecule has 0 N–H and O–H groups in total. The summed E-state index contributed by atoms with van der Waals surface area (Å²) in [6.45, 7) is 0. The Morgan fingerprint density at radius 3 is 0.680 bits per heavy atom. The Morgan fingerprint density at radius 1 is 0.165 bits per heavy atom. The van der Waals surface area contributed by atoms with Crippen LogP contribution in [0.5, 0.6) is 0 Å². The lowest BCUT2D eigenvalue weighted by Crippen LogP contribution is -2.15. The fraction of sp³-hybridized carbons (Fsp3) is 0. The summed E-state index contributed by atoms with van der Waals surface area (Å²) in [5.41, 5.74) is 21.7. The summed E-state index contributed by atoms with van der Waals surface area (Å²) < 4.78 is 2.48. The van der Waals surface area contributed by atoms with E-state index in [1.54, 1.807) is 0 Å². The summed E-state index contributed by atoms with van der Waals surface area (Å²) in [6.07, 6.45) is 0. The normalized spacial score (nSPS) is 11.1. The number of rotatable bonds is 19. The summed E-state index contributed by atoms with van der Waals surface area (Å²) in [5.74, 6) is 0. The van der Waals surface area contributed by atoms with Crippen molar-refractivity contribution in [2.45, 2.75) is 0 Å². The number of hydrogen-bond acceptors (Lipinski definition) is 6. The molecule has 15 aromatic carbocycles. The minimum absolute atomic E-state index is 0.973. The number of para-hydroxylation sites is 10. The second kappa shape index (κ2) is 26.9. The van der Waals surface area contributed by atoms with Gasteiger partial charge in [0.25, 0.3) is 0 Å². The average molecular weight is 1250 g/mol. The monoisotopic (exact) mass is 1250 g/mol. The van der Waals surface area contributed by atoms with Crippen LogP contribution in [-0.4, -0.2) is 4.57 Å². The maximum Gasteiger partial charge on any atom is 0.0784 e. The summed E-state index contributed by atoms with van der Waals surface area (Å²) >= 11 is 0. The van der Waals surface area contributed by atoms with E-state index < -0.39 is 0 Å². The molecule has 16 aromatic rings. The molecule has 0 fully saturated rings. The molecule has 1 heterocycles. The minimum atomic E-state index is 0.973. The van der Waals surface area contributed by atoms with Gasteiger partial charge in [-0.1, -0.05) is 188 Å². The van der Waals surface area contributed by atoms with Crippen LogP contribution in [0.1, 0.15) is 0 Å². The van der Waals surface area contributed by atoms with E-state index >= 15 is 0 Å². The molecule has 0 radical (unpaired) electrons. The van der Waals surface area contributed by atoms with Gasteiger partial charge in [0.2, 0.25) is 0 Å². The predicted octanol–water partition coefficient (Wildman–Crippen LogP) is 25.6. The van der Waals surface area contributed by atoms with Crippen molar-refractivity contribution in [3.05, 3.63) is 406 Å². The highest BCUT2D eigenvalue weighted by Crippen LogP contribution is 2.52. The Hall–Kier alpha value is -13.1. The number of hydrogen-bond donors (Lipinski definition) is 0.